The third-order valence-corrected chi connectivity index (χ3v) is 4.34. The summed E-state index contributed by atoms with van der Waals surface area (Å²) in [4.78, 5) is 39.4. The third-order valence-electron chi connectivity index (χ3n) is 4.09. The standard InChI is InChI=1S/C20H19ClN2O5/c1-3-27-16-10-9-15(11-17(16)28-4-2)23-19(25)18(24)22(20(23)26)12-13-5-7-14(21)8-6-13/h5-11H,3-4,12H2,1-2H3. The number of carbonyl (C=O) groups is 3. The van der Waals surface area contributed by atoms with E-state index in [-0.39, 0.29) is 12.2 Å². The lowest BCUT2D eigenvalue weighted by Crippen LogP contribution is -2.33. The summed E-state index contributed by atoms with van der Waals surface area (Å²) in [5, 5.41) is 0.540. The molecular formula is C20H19ClN2O5. The Hall–Kier alpha value is -3.06. The van der Waals surface area contributed by atoms with Crippen LogP contribution in [0.25, 0.3) is 0 Å². The smallest absolute Gasteiger partial charge is 0.339 e. The number of rotatable bonds is 7. The summed E-state index contributed by atoms with van der Waals surface area (Å²) in [6.45, 7) is 4.45. The first-order chi connectivity index (χ1) is 13.5. The number of hydrogen-bond donors (Lipinski definition) is 0. The first kappa shape index (κ1) is 19.7. The van der Waals surface area contributed by atoms with Crippen LogP contribution in [0.4, 0.5) is 10.5 Å². The molecule has 2 aromatic rings. The zero-order valence-electron chi connectivity index (χ0n) is 15.5. The van der Waals surface area contributed by atoms with E-state index in [2.05, 4.69) is 0 Å². The molecule has 0 aliphatic carbocycles. The van der Waals surface area contributed by atoms with Gasteiger partial charge in [-0.1, -0.05) is 23.7 Å². The normalized spacial score (nSPS) is 14.0. The lowest BCUT2D eigenvalue weighted by Gasteiger charge is -2.18. The molecule has 1 aliphatic rings. The number of benzene rings is 2. The molecule has 0 N–H and O–H groups in total. The fourth-order valence-corrected chi connectivity index (χ4v) is 2.95. The Morgan fingerprint density at radius 1 is 0.857 bits per heavy atom. The molecule has 0 saturated carbocycles. The van der Waals surface area contributed by atoms with Gasteiger partial charge in [0, 0.05) is 11.1 Å². The highest BCUT2D eigenvalue weighted by molar-refractivity contribution is 6.52. The Morgan fingerprint density at radius 2 is 1.50 bits per heavy atom. The second kappa shape index (κ2) is 8.31. The zero-order valence-corrected chi connectivity index (χ0v) is 16.2. The van der Waals surface area contributed by atoms with E-state index in [0.29, 0.717) is 35.3 Å². The molecule has 1 fully saturated rings. The number of urea groups is 1. The molecule has 146 valence electrons. The number of nitrogens with zero attached hydrogens (tertiary/aromatic N) is 2. The molecule has 0 spiro atoms. The van der Waals surface area contributed by atoms with Gasteiger partial charge in [0.15, 0.2) is 11.5 Å². The predicted octanol–water partition coefficient (Wildman–Crippen LogP) is 3.63. The summed E-state index contributed by atoms with van der Waals surface area (Å²) in [6, 6.07) is 10.7. The van der Waals surface area contributed by atoms with E-state index in [1.54, 1.807) is 36.4 Å². The average molecular weight is 403 g/mol. The Balaban J connectivity index is 1.89. The monoisotopic (exact) mass is 402 g/mol. The maximum atomic E-state index is 12.8. The molecule has 7 nitrogen and oxygen atoms in total. The lowest BCUT2D eigenvalue weighted by molar-refractivity contribution is -0.139. The van der Waals surface area contributed by atoms with E-state index in [9.17, 15) is 14.4 Å². The molecule has 0 radical (unpaired) electrons. The average Bonchev–Trinajstić information content (AvgIpc) is 2.89. The van der Waals surface area contributed by atoms with E-state index in [1.165, 1.54) is 6.07 Å². The number of imide groups is 2. The van der Waals surface area contributed by atoms with E-state index < -0.39 is 17.8 Å². The van der Waals surface area contributed by atoms with E-state index >= 15 is 0 Å². The lowest BCUT2D eigenvalue weighted by atomic mass is 10.2. The van der Waals surface area contributed by atoms with Crippen LogP contribution >= 0.6 is 11.6 Å². The molecule has 0 atom stereocenters. The van der Waals surface area contributed by atoms with Crippen LogP contribution in [-0.2, 0) is 16.1 Å². The number of carbonyl (C=O) groups excluding carboxylic acids is 3. The van der Waals surface area contributed by atoms with Crippen molar-refractivity contribution < 1.29 is 23.9 Å². The van der Waals surface area contributed by atoms with Gasteiger partial charge in [-0.05, 0) is 43.7 Å². The van der Waals surface area contributed by atoms with E-state index in [4.69, 9.17) is 21.1 Å². The van der Waals surface area contributed by atoms with Crippen LogP contribution in [0.3, 0.4) is 0 Å². The molecule has 1 aliphatic heterocycles. The van der Waals surface area contributed by atoms with Crippen molar-refractivity contribution in [3.05, 3.63) is 53.1 Å². The van der Waals surface area contributed by atoms with Crippen molar-refractivity contribution in [1.82, 2.24) is 4.90 Å². The van der Waals surface area contributed by atoms with Gasteiger partial charge in [-0.3, -0.25) is 14.5 Å². The second-order valence-electron chi connectivity index (χ2n) is 5.94. The van der Waals surface area contributed by atoms with Crippen LogP contribution in [0.1, 0.15) is 19.4 Å². The van der Waals surface area contributed by atoms with Crippen LogP contribution in [-0.4, -0.2) is 36.0 Å². The maximum absolute atomic E-state index is 12.8. The second-order valence-corrected chi connectivity index (χ2v) is 6.37. The van der Waals surface area contributed by atoms with Gasteiger partial charge in [0.25, 0.3) is 0 Å². The van der Waals surface area contributed by atoms with Crippen molar-refractivity contribution in [2.75, 3.05) is 18.1 Å². The predicted molar refractivity (Wildman–Crippen MR) is 104 cm³/mol. The molecule has 0 bridgehead atoms. The first-order valence-electron chi connectivity index (χ1n) is 8.80. The van der Waals surface area contributed by atoms with Crippen molar-refractivity contribution in [3.8, 4) is 11.5 Å². The van der Waals surface area contributed by atoms with Gasteiger partial charge in [-0.2, -0.15) is 0 Å². The Kier molecular flexibility index (Phi) is 5.84. The Bertz CT molecular complexity index is 913. The molecule has 28 heavy (non-hydrogen) atoms. The SMILES string of the molecule is CCOc1ccc(N2C(=O)C(=O)N(Cc3ccc(Cl)cc3)C2=O)cc1OCC. The molecule has 8 heteroatoms. The topological polar surface area (TPSA) is 76.2 Å². The minimum absolute atomic E-state index is 0.0214. The summed E-state index contributed by atoms with van der Waals surface area (Å²) in [6.07, 6.45) is 0. The minimum atomic E-state index is -0.912. The van der Waals surface area contributed by atoms with Crippen LogP contribution in [0, 0.1) is 0 Å². The summed E-state index contributed by atoms with van der Waals surface area (Å²) in [5.74, 6) is -0.903. The maximum Gasteiger partial charge on any atom is 0.339 e. The van der Waals surface area contributed by atoms with Gasteiger partial charge in [0.2, 0.25) is 0 Å². The number of amides is 4. The molecule has 1 heterocycles. The molecular weight excluding hydrogens is 384 g/mol. The highest BCUT2D eigenvalue weighted by atomic mass is 35.5. The van der Waals surface area contributed by atoms with E-state index in [0.717, 1.165) is 9.80 Å². The van der Waals surface area contributed by atoms with Crippen molar-refractivity contribution in [2.45, 2.75) is 20.4 Å². The summed E-state index contributed by atoms with van der Waals surface area (Å²) in [5.41, 5.74) is 0.927. The molecule has 0 aromatic heterocycles. The van der Waals surface area contributed by atoms with Gasteiger partial charge in [-0.15, -0.1) is 0 Å². The van der Waals surface area contributed by atoms with Crippen LogP contribution < -0.4 is 14.4 Å². The molecule has 4 amide bonds. The Morgan fingerprint density at radius 3 is 2.14 bits per heavy atom. The quantitative estimate of drug-likeness (QED) is 0.522. The van der Waals surface area contributed by atoms with Crippen molar-refractivity contribution in [1.29, 1.82) is 0 Å². The molecule has 3 rings (SSSR count). The molecule has 1 saturated heterocycles. The fraction of sp³-hybridized carbons (Fsp3) is 0.250. The van der Waals surface area contributed by atoms with Crippen LogP contribution in [0.5, 0.6) is 11.5 Å². The first-order valence-corrected chi connectivity index (χ1v) is 9.18. The van der Waals surface area contributed by atoms with Crippen molar-refractivity contribution >= 4 is 35.1 Å². The third kappa shape index (κ3) is 3.80. The van der Waals surface area contributed by atoms with Gasteiger partial charge >= 0.3 is 17.8 Å². The number of hydrogen-bond acceptors (Lipinski definition) is 5. The van der Waals surface area contributed by atoms with Gasteiger partial charge < -0.3 is 9.47 Å². The number of ether oxygens (including phenoxy) is 2. The van der Waals surface area contributed by atoms with Gasteiger partial charge in [0.1, 0.15) is 0 Å². The van der Waals surface area contributed by atoms with Crippen LogP contribution in [0.2, 0.25) is 5.02 Å². The summed E-state index contributed by atoms with van der Waals surface area (Å²) >= 11 is 5.86. The minimum Gasteiger partial charge on any atom is -0.490 e. The summed E-state index contributed by atoms with van der Waals surface area (Å²) in [7, 11) is 0. The highest BCUT2D eigenvalue weighted by Gasteiger charge is 2.45. The molecule has 2 aromatic carbocycles. The van der Waals surface area contributed by atoms with Gasteiger partial charge in [-0.25, -0.2) is 9.69 Å². The zero-order chi connectivity index (χ0) is 20.3. The fourth-order valence-electron chi connectivity index (χ4n) is 2.82. The van der Waals surface area contributed by atoms with Gasteiger partial charge in [0.05, 0.1) is 25.4 Å². The van der Waals surface area contributed by atoms with E-state index in [1.807, 2.05) is 13.8 Å². The summed E-state index contributed by atoms with van der Waals surface area (Å²) < 4.78 is 11.0. The Labute approximate surface area is 167 Å². The highest BCUT2D eigenvalue weighted by Crippen LogP contribution is 2.34. The number of anilines is 1. The number of halogens is 1. The van der Waals surface area contributed by atoms with Crippen molar-refractivity contribution in [3.63, 3.8) is 0 Å². The van der Waals surface area contributed by atoms with Crippen molar-refractivity contribution in [2.24, 2.45) is 0 Å². The van der Waals surface area contributed by atoms with Crippen LogP contribution in [0.15, 0.2) is 42.5 Å². The largest absolute Gasteiger partial charge is 0.490 e. The molecule has 0 unspecified atom stereocenters.